The van der Waals surface area contributed by atoms with Gasteiger partial charge >= 0.3 is 0 Å². The van der Waals surface area contributed by atoms with E-state index in [-0.39, 0.29) is 35.1 Å². The molecule has 0 aliphatic rings. The zero-order chi connectivity index (χ0) is 25.8. The molecule has 0 spiro atoms. The Kier molecular flexibility index (Phi) is 7.03. The number of benzene rings is 2. The van der Waals surface area contributed by atoms with Gasteiger partial charge in [-0.05, 0) is 30.7 Å². The van der Waals surface area contributed by atoms with Gasteiger partial charge in [0.2, 0.25) is 0 Å². The molecule has 10 nitrogen and oxygen atoms in total. The number of nitrogens with one attached hydrogen (secondary N) is 1. The molecule has 0 unspecified atom stereocenters. The average Bonchev–Trinajstić information content (AvgIpc) is 2.87. The standard InChI is InChI=1S/C25H19ClN4O6/c1-34-20-12-18-14(11-15(20)25(28)33)19(6-8-29-18)36-13-4-5-17(16(26)10-13)30-21-22(31)23(32)24(21)35-9-3-2-7-27/h4-6,8,10-12,30H,2-3,9H2,1H3,(H2,28,33). The highest BCUT2D eigenvalue weighted by Gasteiger charge is 2.23. The van der Waals surface area contributed by atoms with E-state index in [1.165, 1.54) is 13.2 Å². The number of nitrogens with two attached hydrogens (primary N) is 1. The number of nitrogens with zero attached hydrogens (tertiary/aromatic N) is 2. The van der Waals surface area contributed by atoms with E-state index < -0.39 is 16.8 Å². The van der Waals surface area contributed by atoms with Gasteiger partial charge in [-0.2, -0.15) is 5.26 Å². The molecule has 4 rings (SSSR count). The quantitative estimate of drug-likeness (QED) is 0.241. The van der Waals surface area contributed by atoms with E-state index in [2.05, 4.69) is 10.3 Å². The van der Waals surface area contributed by atoms with Crippen LogP contribution in [0.15, 0.2) is 52.2 Å². The molecule has 1 amide bonds. The van der Waals surface area contributed by atoms with Crippen LogP contribution >= 0.6 is 11.6 Å². The third kappa shape index (κ3) is 4.78. The van der Waals surface area contributed by atoms with Crippen LogP contribution in [0, 0.1) is 11.3 Å². The lowest BCUT2D eigenvalue weighted by atomic mass is 10.1. The maximum absolute atomic E-state index is 12.0. The average molecular weight is 507 g/mol. The number of rotatable bonds is 10. The number of hydrogen-bond acceptors (Lipinski definition) is 9. The Labute approximate surface area is 209 Å². The van der Waals surface area contributed by atoms with Crippen LogP contribution in [0.3, 0.4) is 0 Å². The molecule has 0 radical (unpaired) electrons. The van der Waals surface area contributed by atoms with Crippen LogP contribution in [0.5, 0.6) is 23.0 Å². The second-order valence-corrected chi connectivity index (χ2v) is 7.99. The van der Waals surface area contributed by atoms with Crippen molar-refractivity contribution in [2.75, 3.05) is 19.0 Å². The second kappa shape index (κ2) is 10.3. The monoisotopic (exact) mass is 506 g/mol. The van der Waals surface area contributed by atoms with Crippen LogP contribution in [0.1, 0.15) is 23.2 Å². The van der Waals surface area contributed by atoms with Gasteiger partial charge in [0.15, 0.2) is 5.75 Å². The number of fused-ring (bicyclic) bond motifs is 1. The van der Waals surface area contributed by atoms with Crippen molar-refractivity contribution < 1.29 is 19.0 Å². The topological polar surface area (TPSA) is 154 Å². The lowest BCUT2D eigenvalue weighted by Crippen LogP contribution is -2.35. The molecule has 36 heavy (non-hydrogen) atoms. The van der Waals surface area contributed by atoms with Gasteiger partial charge in [-0.3, -0.25) is 19.4 Å². The summed E-state index contributed by atoms with van der Waals surface area (Å²) in [5.41, 5.74) is 5.09. The van der Waals surface area contributed by atoms with E-state index >= 15 is 0 Å². The van der Waals surface area contributed by atoms with Gasteiger partial charge in [0.1, 0.15) is 22.9 Å². The van der Waals surface area contributed by atoms with E-state index in [0.717, 1.165) is 0 Å². The zero-order valence-electron chi connectivity index (χ0n) is 19.0. The van der Waals surface area contributed by atoms with Crippen molar-refractivity contribution in [3.05, 3.63) is 73.6 Å². The summed E-state index contributed by atoms with van der Waals surface area (Å²) in [6, 6.07) is 11.4. The molecule has 0 bridgehead atoms. The highest BCUT2D eigenvalue weighted by Crippen LogP contribution is 2.36. The van der Waals surface area contributed by atoms with Gasteiger partial charge in [-0.15, -0.1) is 0 Å². The van der Waals surface area contributed by atoms with Crippen LogP contribution in [0.25, 0.3) is 10.9 Å². The number of aromatic nitrogens is 1. The van der Waals surface area contributed by atoms with Crippen molar-refractivity contribution in [2.45, 2.75) is 12.8 Å². The van der Waals surface area contributed by atoms with Gasteiger partial charge in [-0.1, -0.05) is 11.6 Å². The fourth-order valence-corrected chi connectivity index (χ4v) is 3.69. The van der Waals surface area contributed by atoms with Crippen molar-refractivity contribution in [1.82, 2.24) is 4.98 Å². The van der Waals surface area contributed by atoms with Crippen LogP contribution < -0.4 is 36.1 Å². The molecular weight excluding hydrogens is 488 g/mol. The molecule has 3 aromatic carbocycles. The molecule has 11 heteroatoms. The molecule has 1 aromatic heterocycles. The van der Waals surface area contributed by atoms with Gasteiger partial charge in [-0.25, -0.2) is 0 Å². The Morgan fingerprint density at radius 2 is 1.97 bits per heavy atom. The van der Waals surface area contributed by atoms with Gasteiger partial charge in [0, 0.05) is 30.1 Å². The third-order valence-corrected chi connectivity index (χ3v) is 5.57. The predicted molar refractivity (Wildman–Crippen MR) is 133 cm³/mol. The molecule has 0 fully saturated rings. The minimum atomic E-state index is -0.734. The number of unbranched alkanes of at least 4 members (excludes halogenated alkanes) is 1. The van der Waals surface area contributed by atoms with Crippen molar-refractivity contribution in [3.8, 4) is 29.1 Å². The highest BCUT2D eigenvalue weighted by molar-refractivity contribution is 6.33. The molecule has 0 atom stereocenters. The minimum Gasteiger partial charge on any atom is -0.496 e. The van der Waals surface area contributed by atoms with Gasteiger partial charge in [0.05, 0.1) is 41.6 Å². The lowest BCUT2D eigenvalue weighted by Gasteiger charge is -2.16. The molecule has 0 aliphatic heterocycles. The number of carbonyl (C=O) groups is 1. The summed E-state index contributed by atoms with van der Waals surface area (Å²) in [6.45, 7) is 0.136. The Bertz CT molecular complexity index is 1590. The van der Waals surface area contributed by atoms with E-state index in [0.29, 0.717) is 40.3 Å². The first-order valence-corrected chi connectivity index (χ1v) is 11.1. The summed E-state index contributed by atoms with van der Waals surface area (Å²) in [5, 5.41) is 12.2. The van der Waals surface area contributed by atoms with Crippen molar-refractivity contribution >= 4 is 39.8 Å². The smallest absolute Gasteiger partial charge is 0.272 e. The number of amides is 1. The number of methoxy groups -OCH3 is 1. The molecule has 0 aliphatic carbocycles. The molecular formula is C25H19ClN4O6. The number of pyridine rings is 1. The maximum atomic E-state index is 12.0. The second-order valence-electron chi connectivity index (χ2n) is 7.58. The van der Waals surface area contributed by atoms with Crippen molar-refractivity contribution in [2.24, 2.45) is 5.73 Å². The molecule has 4 aromatic rings. The number of primary amides is 1. The first-order chi connectivity index (χ1) is 17.3. The Morgan fingerprint density at radius 1 is 1.17 bits per heavy atom. The molecule has 3 N–H and O–H groups in total. The summed E-state index contributed by atoms with van der Waals surface area (Å²) >= 11 is 6.39. The minimum absolute atomic E-state index is 0.000539. The Morgan fingerprint density at radius 3 is 2.67 bits per heavy atom. The number of carbonyl (C=O) groups excluding carboxylic acids is 1. The lowest BCUT2D eigenvalue weighted by molar-refractivity contribution is 0.0997. The molecule has 1 heterocycles. The molecule has 0 saturated carbocycles. The van der Waals surface area contributed by atoms with Crippen LogP contribution in [0.2, 0.25) is 5.02 Å². The molecule has 0 saturated heterocycles. The van der Waals surface area contributed by atoms with Crippen LogP contribution in [-0.4, -0.2) is 24.6 Å². The number of hydrogen-bond donors (Lipinski definition) is 2. The van der Waals surface area contributed by atoms with Crippen LogP contribution in [0.4, 0.5) is 11.4 Å². The van der Waals surface area contributed by atoms with E-state index in [1.807, 2.05) is 6.07 Å². The molecule has 182 valence electrons. The zero-order valence-corrected chi connectivity index (χ0v) is 19.7. The first-order valence-electron chi connectivity index (χ1n) is 10.7. The number of halogens is 1. The predicted octanol–water partition coefficient (Wildman–Crippen LogP) is 3.81. The summed E-state index contributed by atoms with van der Waals surface area (Å²) in [7, 11) is 1.43. The van der Waals surface area contributed by atoms with E-state index in [4.69, 9.17) is 36.8 Å². The van der Waals surface area contributed by atoms with Crippen molar-refractivity contribution in [3.63, 3.8) is 0 Å². The third-order valence-electron chi connectivity index (χ3n) is 5.26. The largest absolute Gasteiger partial charge is 0.496 e. The fourth-order valence-electron chi connectivity index (χ4n) is 3.47. The summed E-state index contributed by atoms with van der Waals surface area (Å²) < 4.78 is 16.6. The van der Waals surface area contributed by atoms with Crippen LogP contribution in [-0.2, 0) is 0 Å². The SMILES string of the molecule is COc1cc2nccc(Oc3ccc(Nc4c(OCCCC#N)c(=O)c4=O)c(Cl)c3)c2cc1C(N)=O. The fraction of sp³-hybridized carbons (Fsp3) is 0.160. The Hall–Kier alpha value is -4.62. The van der Waals surface area contributed by atoms with E-state index in [1.54, 1.807) is 36.5 Å². The number of ether oxygens (including phenoxy) is 3. The summed E-state index contributed by atoms with van der Waals surface area (Å²) in [6.07, 6.45) is 2.25. The van der Waals surface area contributed by atoms with Gasteiger partial charge in [0.25, 0.3) is 16.8 Å². The van der Waals surface area contributed by atoms with E-state index in [9.17, 15) is 14.4 Å². The highest BCUT2D eigenvalue weighted by atomic mass is 35.5. The first kappa shape index (κ1) is 24.5. The number of nitriles is 1. The number of anilines is 2. The normalized spacial score (nSPS) is 10.7. The maximum Gasteiger partial charge on any atom is 0.272 e. The Balaban J connectivity index is 1.57. The van der Waals surface area contributed by atoms with Crippen molar-refractivity contribution in [1.29, 1.82) is 5.26 Å². The summed E-state index contributed by atoms with van der Waals surface area (Å²) in [4.78, 5) is 40.0. The summed E-state index contributed by atoms with van der Waals surface area (Å²) in [5.74, 6) is 0.321. The van der Waals surface area contributed by atoms with Gasteiger partial charge < -0.3 is 25.3 Å².